The molecule has 29 heavy (non-hydrogen) atoms. The summed E-state index contributed by atoms with van der Waals surface area (Å²) in [6.45, 7) is 1.85. The third kappa shape index (κ3) is 3.34. The summed E-state index contributed by atoms with van der Waals surface area (Å²) in [6.07, 6.45) is 0. The van der Waals surface area contributed by atoms with Crippen LogP contribution >= 0.6 is 0 Å². The maximum atomic E-state index is 10.5. The van der Waals surface area contributed by atoms with Crippen molar-refractivity contribution < 1.29 is 9.84 Å². The van der Waals surface area contributed by atoms with Crippen LogP contribution in [-0.2, 0) is 13.1 Å². The number of para-hydroxylation sites is 2. The van der Waals surface area contributed by atoms with Crippen LogP contribution in [-0.4, -0.2) is 11.8 Å². The van der Waals surface area contributed by atoms with Gasteiger partial charge >= 0.3 is 0 Å². The number of nitrogens with one attached hydrogen (secondary N) is 1. The van der Waals surface area contributed by atoms with Crippen LogP contribution in [0.3, 0.4) is 0 Å². The second-order valence-electron chi connectivity index (χ2n) is 7.24. The van der Waals surface area contributed by atoms with Crippen LogP contribution < -0.4 is 15.0 Å². The molecule has 0 spiro atoms. The molecule has 4 nitrogen and oxygen atoms in total. The van der Waals surface area contributed by atoms with E-state index in [-0.39, 0.29) is 0 Å². The fraction of sp³-hybridized carbons (Fsp3) is 0.120. The van der Waals surface area contributed by atoms with E-state index in [0.29, 0.717) is 19.0 Å². The molecule has 0 aromatic heterocycles. The first-order valence-corrected chi connectivity index (χ1v) is 9.78. The predicted molar refractivity (Wildman–Crippen MR) is 118 cm³/mol. The number of ether oxygens (including phenoxy) is 1. The molecule has 144 valence electrons. The second-order valence-corrected chi connectivity index (χ2v) is 7.24. The van der Waals surface area contributed by atoms with Crippen molar-refractivity contribution in [1.82, 2.24) is 0 Å². The molecule has 0 atom stereocenters. The van der Waals surface area contributed by atoms with Crippen molar-refractivity contribution in [3.05, 3.63) is 96.1 Å². The van der Waals surface area contributed by atoms with E-state index < -0.39 is 0 Å². The summed E-state index contributed by atoms with van der Waals surface area (Å²) in [5.74, 6) is 1.21. The average Bonchev–Trinajstić information content (AvgIpc) is 2.79. The third-order valence-corrected chi connectivity index (χ3v) is 5.41. The summed E-state index contributed by atoms with van der Waals surface area (Å²) in [4.78, 5) is 2.21. The van der Waals surface area contributed by atoms with Crippen molar-refractivity contribution in [2.24, 2.45) is 0 Å². The maximum Gasteiger partial charge on any atom is 0.161 e. The van der Waals surface area contributed by atoms with E-state index in [9.17, 15) is 5.11 Å². The van der Waals surface area contributed by atoms with Crippen LogP contribution in [0.15, 0.2) is 84.9 Å². The topological polar surface area (TPSA) is 44.7 Å². The Bertz CT molecular complexity index is 1140. The zero-order valence-electron chi connectivity index (χ0n) is 16.0. The van der Waals surface area contributed by atoms with Gasteiger partial charge in [0.15, 0.2) is 6.73 Å². The fourth-order valence-electron chi connectivity index (χ4n) is 3.90. The molecular weight excluding hydrogens is 360 g/mol. The third-order valence-electron chi connectivity index (χ3n) is 5.41. The smallest absolute Gasteiger partial charge is 0.161 e. The highest BCUT2D eigenvalue weighted by Gasteiger charge is 2.21. The number of nitrogens with zero attached hydrogens (tertiary/aromatic N) is 1. The molecule has 4 aromatic carbocycles. The van der Waals surface area contributed by atoms with Crippen molar-refractivity contribution in [3.8, 4) is 11.5 Å². The zero-order chi connectivity index (χ0) is 19.6. The van der Waals surface area contributed by atoms with Crippen LogP contribution in [0.25, 0.3) is 10.8 Å². The summed E-state index contributed by atoms with van der Waals surface area (Å²) >= 11 is 0. The van der Waals surface area contributed by atoms with Gasteiger partial charge in [0.2, 0.25) is 0 Å². The summed E-state index contributed by atoms with van der Waals surface area (Å²) in [6, 6.07) is 28.2. The van der Waals surface area contributed by atoms with Gasteiger partial charge in [0, 0.05) is 41.0 Å². The summed E-state index contributed by atoms with van der Waals surface area (Å²) in [5, 5.41) is 15.9. The minimum absolute atomic E-state index is 0.294. The first-order valence-electron chi connectivity index (χ1n) is 9.78. The monoisotopic (exact) mass is 382 g/mol. The van der Waals surface area contributed by atoms with Gasteiger partial charge in [-0.25, -0.2) is 0 Å². The molecular formula is C25H22N2O2. The molecule has 0 saturated carbocycles. The Morgan fingerprint density at radius 2 is 1.55 bits per heavy atom. The van der Waals surface area contributed by atoms with Crippen LogP contribution in [0.5, 0.6) is 11.5 Å². The number of hydrogen-bond acceptors (Lipinski definition) is 4. The van der Waals surface area contributed by atoms with E-state index in [1.54, 1.807) is 6.07 Å². The van der Waals surface area contributed by atoms with Gasteiger partial charge in [0.25, 0.3) is 0 Å². The molecule has 1 aliphatic rings. The molecule has 4 aromatic rings. The Hall–Kier alpha value is -3.66. The highest BCUT2D eigenvalue weighted by atomic mass is 16.5. The number of benzene rings is 4. The largest absolute Gasteiger partial charge is 0.508 e. The van der Waals surface area contributed by atoms with Gasteiger partial charge in [-0.2, -0.15) is 0 Å². The van der Waals surface area contributed by atoms with Crippen molar-refractivity contribution in [2.45, 2.75) is 13.1 Å². The molecule has 5 rings (SSSR count). The highest BCUT2D eigenvalue weighted by molar-refractivity contribution is 5.94. The van der Waals surface area contributed by atoms with Crippen LogP contribution in [0.2, 0.25) is 0 Å². The predicted octanol–water partition coefficient (Wildman–Crippen LogP) is 5.51. The van der Waals surface area contributed by atoms with E-state index >= 15 is 0 Å². The standard InChI is InChI=1S/C25H22N2O2/c28-24-14-13-22-21(23(24)15-26-19-7-3-1-4-8-19)12-11-18-16-27(17-29-25(18)22)20-9-5-2-6-10-20/h1-14,26,28H,15-17H2. The van der Waals surface area contributed by atoms with Gasteiger partial charge in [-0.3, -0.25) is 0 Å². The van der Waals surface area contributed by atoms with E-state index in [2.05, 4.69) is 34.5 Å². The summed E-state index contributed by atoms with van der Waals surface area (Å²) in [7, 11) is 0. The molecule has 1 heterocycles. The Labute approximate surface area is 170 Å². The minimum Gasteiger partial charge on any atom is -0.508 e. The van der Waals surface area contributed by atoms with Crippen molar-refractivity contribution >= 4 is 22.1 Å². The molecule has 0 bridgehead atoms. The van der Waals surface area contributed by atoms with E-state index in [1.165, 1.54) is 0 Å². The van der Waals surface area contributed by atoms with Gasteiger partial charge in [-0.1, -0.05) is 48.5 Å². The number of anilines is 2. The van der Waals surface area contributed by atoms with Crippen molar-refractivity contribution in [2.75, 3.05) is 16.9 Å². The Balaban J connectivity index is 1.48. The molecule has 0 radical (unpaired) electrons. The lowest BCUT2D eigenvalue weighted by Crippen LogP contribution is -2.31. The van der Waals surface area contributed by atoms with Crippen LogP contribution in [0.4, 0.5) is 11.4 Å². The minimum atomic E-state index is 0.294. The SMILES string of the molecule is Oc1ccc2c3c(ccc2c1CNc1ccccc1)CN(c1ccccc1)CO3. The zero-order valence-corrected chi connectivity index (χ0v) is 16.0. The van der Waals surface area contributed by atoms with Gasteiger partial charge < -0.3 is 20.1 Å². The fourth-order valence-corrected chi connectivity index (χ4v) is 3.90. The lowest BCUT2D eigenvalue weighted by Gasteiger charge is -2.31. The van der Waals surface area contributed by atoms with Gasteiger partial charge in [0.05, 0.1) is 0 Å². The summed E-state index contributed by atoms with van der Waals surface area (Å²) in [5.41, 5.74) is 4.21. The normalized spacial score (nSPS) is 13.0. The first-order chi connectivity index (χ1) is 14.3. The molecule has 4 heteroatoms. The lowest BCUT2D eigenvalue weighted by atomic mass is 9.98. The number of phenolic OH excluding ortho intramolecular Hbond substituents is 1. The number of fused-ring (bicyclic) bond motifs is 3. The van der Waals surface area contributed by atoms with Gasteiger partial charge in [-0.15, -0.1) is 0 Å². The second kappa shape index (κ2) is 7.40. The summed E-state index contributed by atoms with van der Waals surface area (Å²) < 4.78 is 6.19. The molecule has 0 aliphatic carbocycles. The molecule has 0 saturated heterocycles. The number of rotatable bonds is 4. The Morgan fingerprint density at radius 1 is 0.828 bits per heavy atom. The van der Waals surface area contributed by atoms with E-state index in [4.69, 9.17) is 4.74 Å². The molecule has 2 N–H and O–H groups in total. The van der Waals surface area contributed by atoms with E-state index in [0.717, 1.165) is 45.6 Å². The van der Waals surface area contributed by atoms with Crippen molar-refractivity contribution in [3.63, 3.8) is 0 Å². The molecule has 0 fully saturated rings. The molecule has 1 aliphatic heterocycles. The van der Waals surface area contributed by atoms with Crippen LogP contribution in [0, 0.1) is 0 Å². The number of aromatic hydroxyl groups is 1. The number of phenols is 1. The Morgan fingerprint density at radius 3 is 2.34 bits per heavy atom. The highest BCUT2D eigenvalue weighted by Crippen LogP contribution is 2.38. The van der Waals surface area contributed by atoms with Crippen LogP contribution in [0.1, 0.15) is 11.1 Å². The maximum absolute atomic E-state index is 10.5. The number of hydrogen-bond donors (Lipinski definition) is 2. The molecule has 0 amide bonds. The average molecular weight is 382 g/mol. The van der Waals surface area contributed by atoms with E-state index in [1.807, 2.05) is 54.6 Å². The van der Waals surface area contributed by atoms with Gasteiger partial charge in [-0.05, 0) is 41.8 Å². The van der Waals surface area contributed by atoms with Gasteiger partial charge in [0.1, 0.15) is 11.5 Å². The quantitative estimate of drug-likeness (QED) is 0.488. The van der Waals surface area contributed by atoms with Crippen molar-refractivity contribution in [1.29, 1.82) is 0 Å². The lowest BCUT2D eigenvalue weighted by molar-refractivity contribution is 0.293. The first kappa shape index (κ1) is 17.4. The Kier molecular flexibility index (Phi) is 4.45. The molecule has 0 unspecified atom stereocenters.